The molecule has 2 aliphatic rings. The van der Waals surface area contributed by atoms with Gasteiger partial charge in [0.15, 0.2) is 0 Å². The molecule has 0 radical (unpaired) electrons. The van der Waals surface area contributed by atoms with Gasteiger partial charge in [-0.15, -0.1) is 0 Å². The van der Waals surface area contributed by atoms with Crippen molar-refractivity contribution in [2.75, 3.05) is 33.4 Å². The molecule has 0 spiro atoms. The maximum absolute atomic E-state index is 9.32. The van der Waals surface area contributed by atoms with Crippen molar-refractivity contribution in [3.8, 4) is 0 Å². The summed E-state index contributed by atoms with van der Waals surface area (Å²) in [4.78, 5) is 0. The van der Waals surface area contributed by atoms with Crippen LogP contribution in [0.4, 0.5) is 0 Å². The Labute approximate surface area is 122 Å². The average molecular weight is 285 g/mol. The smallest absolute Gasteiger partial charge is 0.0607 e. The Morgan fingerprint density at radius 1 is 1.30 bits per heavy atom. The van der Waals surface area contributed by atoms with Crippen LogP contribution in [0, 0.1) is 23.7 Å². The molecule has 0 aromatic heterocycles. The molecule has 20 heavy (non-hydrogen) atoms. The van der Waals surface area contributed by atoms with Crippen molar-refractivity contribution in [1.29, 1.82) is 0 Å². The maximum Gasteiger partial charge on any atom is 0.0607 e. The molecule has 2 aliphatic heterocycles. The Kier molecular flexibility index (Phi) is 6.23. The molecule has 5 heteroatoms. The van der Waals surface area contributed by atoms with Crippen LogP contribution in [0.5, 0.6) is 0 Å². The Morgan fingerprint density at radius 3 is 2.75 bits per heavy atom. The fraction of sp³-hybridized carbons (Fsp3) is 1.00. The molecule has 0 aliphatic carbocycles. The van der Waals surface area contributed by atoms with Crippen molar-refractivity contribution in [2.45, 2.75) is 38.4 Å². The van der Waals surface area contributed by atoms with Gasteiger partial charge in [-0.3, -0.25) is 5.32 Å². The minimum Gasteiger partial charge on any atom is -0.396 e. The molecule has 2 heterocycles. The molecular formula is C15H31N3O2. The van der Waals surface area contributed by atoms with Crippen molar-refractivity contribution in [3.05, 3.63) is 0 Å². The summed E-state index contributed by atoms with van der Waals surface area (Å²) in [6.45, 7) is 4.70. The molecule has 118 valence electrons. The predicted octanol–water partition coefficient (Wildman–Crippen LogP) is -0.253. The summed E-state index contributed by atoms with van der Waals surface area (Å²) in [5.41, 5.74) is 0. The lowest BCUT2D eigenvalue weighted by Crippen LogP contribution is -2.52. The molecule has 5 N–H and O–H groups in total. The van der Waals surface area contributed by atoms with Crippen LogP contribution in [-0.4, -0.2) is 55.8 Å². The molecule has 2 fully saturated rings. The van der Waals surface area contributed by atoms with Crippen LogP contribution in [-0.2, 0) is 0 Å². The number of fused-ring (bicyclic) bond motifs is 1. The average Bonchev–Trinajstić information content (AvgIpc) is 2.89. The minimum absolute atomic E-state index is 0.233. The van der Waals surface area contributed by atoms with Gasteiger partial charge in [0.1, 0.15) is 0 Å². The first kappa shape index (κ1) is 16.2. The zero-order chi connectivity index (χ0) is 14.5. The second-order valence-corrected chi connectivity index (χ2v) is 6.68. The molecule has 5 unspecified atom stereocenters. The predicted molar refractivity (Wildman–Crippen MR) is 80.3 cm³/mol. The van der Waals surface area contributed by atoms with E-state index in [4.69, 9.17) is 0 Å². The molecule has 0 saturated carbocycles. The lowest BCUT2D eigenvalue weighted by Gasteiger charge is -2.37. The lowest BCUT2D eigenvalue weighted by atomic mass is 9.75. The first-order chi connectivity index (χ1) is 9.69. The quantitative estimate of drug-likeness (QED) is 0.446. The molecule has 0 amide bonds. The van der Waals surface area contributed by atoms with E-state index in [1.165, 1.54) is 6.42 Å². The summed E-state index contributed by atoms with van der Waals surface area (Å²) >= 11 is 0. The zero-order valence-electron chi connectivity index (χ0n) is 12.8. The molecule has 2 saturated heterocycles. The highest BCUT2D eigenvalue weighted by Gasteiger charge is 2.42. The monoisotopic (exact) mass is 285 g/mol. The van der Waals surface area contributed by atoms with Gasteiger partial charge in [0.05, 0.1) is 12.8 Å². The van der Waals surface area contributed by atoms with E-state index in [2.05, 4.69) is 22.9 Å². The van der Waals surface area contributed by atoms with E-state index >= 15 is 0 Å². The summed E-state index contributed by atoms with van der Waals surface area (Å²) in [7, 11) is 2.01. The third kappa shape index (κ3) is 3.71. The van der Waals surface area contributed by atoms with Crippen LogP contribution in [0.1, 0.15) is 26.2 Å². The van der Waals surface area contributed by atoms with Crippen LogP contribution < -0.4 is 16.0 Å². The summed E-state index contributed by atoms with van der Waals surface area (Å²) in [6, 6.07) is 0.251. The van der Waals surface area contributed by atoms with Gasteiger partial charge >= 0.3 is 0 Å². The lowest BCUT2D eigenvalue weighted by molar-refractivity contribution is 0.124. The number of hydrogen-bond acceptors (Lipinski definition) is 5. The number of aliphatic hydroxyl groups excluding tert-OH is 2. The third-order valence-electron chi connectivity index (χ3n) is 5.12. The fourth-order valence-electron chi connectivity index (χ4n) is 4.03. The van der Waals surface area contributed by atoms with Crippen LogP contribution >= 0.6 is 0 Å². The highest BCUT2D eigenvalue weighted by atomic mass is 16.3. The second-order valence-electron chi connectivity index (χ2n) is 6.68. The molecule has 0 bridgehead atoms. The second kappa shape index (κ2) is 7.71. The Balaban J connectivity index is 1.96. The summed E-state index contributed by atoms with van der Waals surface area (Å²) in [5.74, 6) is 2.29. The first-order valence-corrected chi connectivity index (χ1v) is 8.05. The first-order valence-electron chi connectivity index (χ1n) is 8.05. The Bertz CT molecular complexity index is 290. The molecule has 0 aromatic carbocycles. The minimum atomic E-state index is 0.233. The summed E-state index contributed by atoms with van der Waals surface area (Å²) < 4.78 is 0. The van der Waals surface area contributed by atoms with Crippen molar-refractivity contribution in [2.24, 2.45) is 23.7 Å². The van der Waals surface area contributed by atoms with Gasteiger partial charge < -0.3 is 20.8 Å². The van der Waals surface area contributed by atoms with E-state index in [1.807, 2.05) is 7.05 Å². The van der Waals surface area contributed by atoms with E-state index in [0.717, 1.165) is 25.9 Å². The van der Waals surface area contributed by atoms with Crippen LogP contribution in [0.25, 0.3) is 0 Å². The number of piperidine rings is 1. The van der Waals surface area contributed by atoms with Crippen LogP contribution in [0.3, 0.4) is 0 Å². The van der Waals surface area contributed by atoms with Gasteiger partial charge in [0.2, 0.25) is 0 Å². The third-order valence-corrected chi connectivity index (χ3v) is 5.12. The van der Waals surface area contributed by atoms with E-state index < -0.39 is 0 Å². The SMILES string of the molecule is CNCC(C[C@@H](C)CO)C1CNC2NC(CO)CCC21. The largest absolute Gasteiger partial charge is 0.396 e. The maximum atomic E-state index is 9.32. The van der Waals surface area contributed by atoms with Gasteiger partial charge in [0.25, 0.3) is 0 Å². The summed E-state index contributed by atoms with van der Waals surface area (Å²) in [5, 5.41) is 29.0. The number of hydrogen-bond donors (Lipinski definition) is 5. The van der Waals surface area contributed by atoms with Gasteiger partial charge in [-0.05, 0) is 56.5 Å². The van der Waals surface area contributed by atoms with Crippen molar-refractivity contribution < 1.29 is 10.2 Å². The van der Waals surface area contributed by atoms with Gasteiger partial charge in [0, 0.05) is 19.2 Å². The molecule has 5 nitrogen and oxygen atoms in total. The zero-order valence-corrected chi connectivity index (χ0v) is 12.8. The molecular weight excluding hydrogens is 254 g/mol. The fourth-order valence-corrected chi connectivity index (χ4v) is 4.03. The Hall–Kier alpha value is -0.200. The van der Waals surface area contributed by atoms with Crippen LogP contribution in [0.15, 0.2) is 0 Å². The van der Waals surface area contributed by atoms with Gasteiger partial charge in [-0.25, -0.2) is 0 Å². The highest BCUT2D eigenvalue weighted by Crippen LogP contribution is 2.37. The normalized spacial score (nSPS) is 36.6. The van der Waals surface area contributed by atoms with E-state index in [9.17, 15) is 10.2 Å². The number of rotatable bonds is 7. The van der Waals surface area contributed by atoms with Gasteiger partial charge in [-0.2, -0.15) is 0 Å². The number of nitrogens with one attached hydrogen (secondary N) is 3. The molecule has 6 atom stereocenters. The van der Waals surface area contributed by atoms with Crippen molar-refractivity contribution >= 4 is 0 Å². The molecule has 2 rings (SSSR count). The van der Waals surface area contributed by atoms with Crippen LogP contribution in [0.2, 0.25) is 0 Å². The van der Waals surface area contributed by atoms with Crippen molar-refractivity contribution in [1.82, 2.24) is 16.0 Å². The van der Waals surface area contributed by atoms with E-state index in [1.54, 1.807) is 0 Å². The van der Waals surface area contributed by atoms with E-state index in [0.29, 0.717) is 29.8 Å². The summed E-state index contributed by atoms with van der Waals surface area (Å²) in [6.07, 6.45) is 3.69. The topological polar surface area (TPSA) is 76.5 Å². The highest BCUT2D eigenvalue weighted by molar-refractivity contribution is 4.97. The van der Waals surface area contributed by atoms with Gasteiger partial charge in [-0.1, -0.05) is 6.92 Å². The number of aliphatic hydroxyl groups is 2. The van der Waals surface area contributed by atoms with Crippen molar-refractivity contribution in [3.63, 3.8) is 0 Å². The Morgan fingerprint density at radius 2 is 2.10 bits per heavy atom. The standard InChI is InChI=1S/C15H31N3O2/c1-10(8-19)5-11(6-16-2)14-7-17-15-13(14)4-3-12(9-20)18-15/h10-20H,3-9H2,1-2H3/t10-,11?,12?,13?,14?,15?/m1/s1. The van der Waals surface area contributed by atoms with E-state index in [-0.39, 0.29) is 19.3 Å². The molecule has 0 aromatic rings.